The summed E-state index contributed by atoms with van der Waals surface area (Å²) in [4.78, 5) is 27.0. The number of rotatable bonds is 17. The van der Waals surface area contributed by atoms with Gasteiger partial charge in [-0.05, 0) is 62.3 Å². The van der Waals surface area contributed by atoms with Crippen LogP contribution in [-0.2, 0) is 6.54 Å². The van der Waals surface area contributed by atoms with Crippen molar-refractivity contribution in [3.05, 3.63) is 35.4 Å². The molecule has 1 aliphatic heterocycles. The van der Waals surface area contributed by atoms with Gasteiger partial charge in [-0.25, -0.2) is 4.79 Å². The number of likely N-dealkylation sites (tertiary alicyclic amines) is 1. The summed E-state index contributed by atoms with van der Waals surface area (Å²) < 4.78 is 0. The molecule has 1 aromatic rings. The molecule has 3 rings (SSSR count). The molecule has 1 saturated carbocycles. The minimum absolute atomic E-state index is 0.0321. The number of piperidine rings is 1. The first-order valence-electron chi connectivity index (χ1n) is 16.3. The van der Waals surface area contributed by atoms with Crippen LogP contribution in [0.4, 0.5) is 4.79 Å². The lowest BCUT2D eigenvalue weighted by Crippen LogP contribution is -2.49. The minimum atomic E-state index is 0.0321. The minimum Gasteiger partial charge on any atom is -0.352 e. The Morgan fingerprint density at radius 1 is 0.795 bits per heavy atom. The number of amides is 3. The van der Waals surface area contributed by atoms with Gasteiger partial charge in [0, 0.05) is 37.8 Å². The van der Waals surface area contributed by atoms with Gasteiger partial charge in [-0.2, -0.15) is 0 Å². The highest BCUT2D eigenvalue weighted by atomic mass is 16.2. The Morgan fingerprint density at radius 2 is 1.41 bits per heavy atom. The second kappa shape index (κ2) is 19.1. The first-order valence-corrected chi connectivity index (χ1v) is 16.3. The van der Waals surface area contributed by atoms with Gasteiger partial charge < -0.3 is 20.9 Å². The first-order chi connectivity index (χ1) is 19.2. The number of benzene rings is 1. The van der Waals surface area contributed by atoms with E-state index in [0.717, 1.165) is 70.4 Å². The maximum absolute atomic E-state index is 12.6. The zero-order valence-corrected chi connectivity index (χ0v) is 24.8. The van der Waals surface area contributed by atoms with E-state index >= 15 is 0 Å². The summed E-state index contributed by atoms with van der Waals surface area (Å²) in [6, 6.07) is 8.51. The molecule has 39 heavy (non-hydrogen) atoms. The maximum Gasteiger partial charge on any atom is 0.317 e. The van der Waals surface area contributed by atoms with Crippen molar-refractivity contribution in [1.82, 2.24) is 20.9 Å². The molecular formula is C33H56N4O2. The van der Waals surface area contributed by atoms with Crippen LogP contribution in [-0.4, -0.2) is 49.1 Å². The van der Waals surface area contributed by atoms with Gasteiger partial charge in [0.1, 0.15) is 0 Å². The van der Waals surface area contributed by atoms with E-state index in [4.69, 9.17) is 0 Å². The second-order valence-corrected chi connectivity index (χ2v) is 12.0. The summed E-state index contributed by atoms with van der Waals surface area (Å²) in [6.07, 6.45) is 21.3. The Bertz CT molecular complexity index is 798. The fourth-order valence-electron chi connectivity index (χ4n) is 5.96. The van der Waals surface area contributed by atoms with Gasteiger partial charge in [-0.1, -0.05) is 96.1 Å². The molecule has 0 bridgehead atoms. The van der Waals surface area contributed by atoms with Gasteiger partial charge in [0.2, 0.25) is 0 Å². The molecule has 0 atom stereocenters. The van der Waals surface area contributed by atoms with Crippen LogP contribution in [0.3, 0.4) is 0 Å². The standard InChI is InChI=1S/C33H56N4O2/c1-2-3-4-5-6-7-8-9-10-14-23-35-32(38)30-19-17-28(18-20-30)26-34-27-29-21-24-37(25-22-29)33(39)36-31-15-12-11-13-16-31/h17-20,29,31,34H,2-16,21-27H2,1H3,(H,35,38)(H,36,39). The maximum atomic E-state index is 12.6. The lowest BCUT2D eigenvalue weighted by Gasteiger charge is -2.34. The molecule has 3 amide bonds. The number of carbonyl (C=O) groups excluding carboxylic acids is 2. The van der Waals surface area contributed by atoms with Gasteiger partial charge in [0.25, 0.3) is 5.91 Å². The fourth-order valence-corrected chi connectivity index (χ4v) is 5.96. The van der Waals surface area contributed by atoms with Gasteiger partial charge in [-0.15, -0.1) is 0 Å². The van der Waals surface area contributed by atoms with Crippen LogP contribution in [0.15, 0.2) is 24.3 Å². The smallest absolute Gasteiger partial charge is 0.317 e. The first kappa shape index (κ1) is 31.4. The van der Waals surface area contributed by atoms with Crippen molar-refractivity contribution in [1.29, 1.82) is 0 Å². The monoisotopic (exact) mass is 540 g/mol. The highest BCUT2D eigenvalue weighted by molar-refractivity contribution is 5.94. The van der Waals surface area contributed by atoms with Crippen LogP contribution in [0.1, 0.15) is 132 Å². The zero-order valence-electron chi connectivity index (χ0n) is 24.8. The quantitative estimate of drug-likeness (QED) is 0.183. The number of nitrogens with one attached hydrogen (secondary N) is 3. The summed E-state index contributed by atoms with van der Waals surface area (Å²) in [7, 11) is 0. The Labute approximate surface area is 238 Å². The van der Waals surface area contributed by atoms with Gasteiger partial charge in [-0.3, -0.25) is 4.79 Å². The van der Waals surface area contributed by atoms with E-state index in [-0.39, 0.29) is 11.9 Å². The molecular weight excluding hydrogens is 484 g/mol. The normalized spacial score (nSPS) is 16.8. The van der Waals surface area contributed by atoms with Gasteiger partial charge in [0.05, 0.1) is 0 Å². The van der Waals surface area contributed by atoms with Crippen LogP contribution < -0.4 is 16.0 Å². The fraction of sp³-hybridized carbons (Fsp3) is 0.758. The van der Waals surface area contributed by atoms with Crippen molar-refractivity contribution in [2.24, 2.45) is 5.92 Å². The van der Waals surface area contributed by atoms with Crippen LogP contribution >= 0.6 is 0 Å². The predicted molar refractivity (Wildman–Crippen MR) is 162 cm³/mol. The molecule has 6 nitrogen and oxygen atoms in total. The second-order valence-electron chi connectivity index (χ2n) is 12.0. The Morgan fingerprint density at radius 3 is 2.05 bits per heavy atom. The van der Waals surface area contributed by atoms with Crippen molar-refractivity contribution in [2.75, 3.05) is 26.2 Å². The Balaban J connectivity index is 1.19. The lowest BCUT2D eigenvalue weighted by atomic mass is 9.95. The molecule has 1 heterocycles. The van der Waals surface area contributed by atoms with Crippen molar-refractivity contribution in [2.45, 2.75) is 129 Å². The number of unbranched alkanes of at least 4 members (excludes halogenated alkanes) is 9. The Kier molecular flexibility index (Phi) is 15.4. The van der Waals surface area contributed by atoms with Crippen molar-refractivity contribution >= 4 is 11.9 Å². The largest absolute Gasteiger partial charge is 0.352 e. The molecule has 1 aromatic carbocycles. The molecule has 1 aliphatic carbocycles. The van der Waals surface area contributed by atoms with E-state index in [1.54, 1.807) is 0 Å². The number of nitrogens with zero attached hydrogens (tertiary/aromatic N) is 1. The van der Waals surface area contributed by atoms with E-state index in [9.17, 15) is 9.59 Å². The van der Waals surface area contributed by atoms with Crippen LogP contribution in [0.25, 0.3) is 0 Å². The molecule has 2 aliphatic rings. The van der Waals surface area contributed by atoms with E-state index in [1.807, 2.05) is 17.0 Å². The molecule has 1 saturated heterocycles. The topological polar surface area (TPSA) is 73.5 Å². The molecule has 0 spiro atoms. The third-order valence-corrected chi connectivity index (χ3v) is 8.63. The highest BCUT2D eigenvalue weighted by Gasteiger charge is 2.24. The van der Waals surface area contributed by atoms with Crippen molar-refractivity contribution in [3.63, 3.8) is 0 Å². The van der Waals surface area contributed by atoms with Crippen molar-refractivity contribution in [3.8, 4) is 0 Å². The van der Waals surface area contributed by atoms with Crippen LogP contribution in [0, 0.1) is 5.92 Å². The summed E-state index contributed by atoms with van der Waals surface area (Å²) in [5, 5.41) is 9.92. The van der Waals surface area contributed by atoms with E-state index in [1.165, 1.54) is 82.6 Å². The predicted octanol–water partition coefficient (Wildman–Crippen LogP) is 7.18. The van der Waals surface area contributed by atoms with E-state index < -0.39 is 0 Å². The molecule has 3 N–H and O–H groups in total. The SMILES string of the molecule is CCCCCCCCCCCCNC(=O)c1ccc(CNCC2CCN(C(=O)NC3CCCCC3)CC2)cc1. The molecule has 220 valence electrons. The molecule has 2 fully saturated rings. The summed E-state index contributed by atoms with van der Waals surface area (Å²) >= 11 is 0. The molecule has 6 heteroatoms. The van der Waals surface area contributed by atoms with E-state index in [2.05, 4.69) is 35.0 Å². The summed E-state index contributed by atoms with van der Waals surface area (Å²) in [5.74, 6) is 0.643. The third-order valence-electron chi connectivity index (χ3n) is 8.63. The van der Waals surface area contributed by atoms with Gasteiger partial charge >= 0.3 is 6.03 Å². The van der Waals surface area contributed by atoms with Crippen LogP contribution in [0.5, 0.6) is 0 Å². The third kappa shape index (κ3) is 12.8. The number of hydrogen-bond donors (Lipinski definition) is 3. The van der Waals surface area contributed by atoms with Gasteiger partial charge in [0.15, 0.2) is 0 Å². The highest BCUT2D eigenvalue weighted by Crippen LogP contribution is 2.20. The number of carbonyl (C=O) groups is 2. The average molecular weight is 541 g/mol. The molecule has 0 radical (unpaired) electrons. The van der Waals surface area contributed by atoms with E-state index in [0.29, 0.717) is 12.0 Å². The molecule has 0 unspecified atom stereocenters. The molecule has 0 aromatic heterocycles. The zero-order chi connectivity index (χ0) is 27.5. The lowest BCUT2D eigenvalue weighted by molar-refractivity contribution is 0.0953. The van der Waals surface area contributed by atoms with Crippen LogP contribution in [0.2, 0.25) is 0 Å². The van der Waals surface area contributed by atoms with Crippen molar-refractivity contribution < 1.29 is 9.59 Å². The summed E-state index contributed by atoms with van der Waals surface area (Å²) in [5.41, 5.74) is 1.94. The number of urea groups is 1. The summed E-state index contributed by atoms with van der Waals surface area (Å²) in [6.45, 7) is 6.52. The number of hydrogen-bond acceptors (Lipinski definition) is 3. The average Bonchev–Trinajstić information content (AvgIpc) is 2.97. The Hall–Kier alpha value is -2.08.